The van der Waals surface area contributed by atoms with Gasteiger partial charge in [-0.3, -0.25) is 4.79 Å². The molecule has 0 spiro atoms. The molecule has 1 unspecified atom stereocenters. The van der Waals surface area contributed by atoms with E-state index < -0.39 is 12.0 Å². The predicted molar refractivity (Wildman–Crippen MR) is 77.7 cm³/mol. The third-order valence-electron chi connectivity index (χ3n) is 2.99. The summed E-state index contributed by atoms with van der Waals surface area (Å²) in [7, 11) is 0. The van der Waals surface area contributed by atoms with Gasteiger partial charge in [-0.05, 0) is 30.2 Å². The van der Waals surface area contributed by atoms with Gasteiger partial charge in [-0.2, -0.15) is 0 Å². The van der Waals surface area contributed by atoms with Crippen molar-refractivity contribution in [3.8, 4) is 16.9 Å². The third-order valence-corrected chi connectivity index (χ3v) is 2.99. The van der Waals surface area contributed by atoms with Crippen molar-refractivity contribution in [2.24, 2.45) is 5.73 Å². The van der Waals surface area contributed by atoms with Crippen molar-refractivity contribution >= 4 is 5.97 Å². The van der Waals surface area contributed by atoms with Crippen molar-refractivity contribution in [3.05, 3.63) is 54.1 Å². The van der Waals surface area contributed by atoms with E-state index in [1.807, 2.05) is 31.2 Å². The third kappa shape index (κ3) is 3.59. The maximum atomic E-state index is 10.6. The second-order valence-corrected chi connectivity index (χ2v) is 4.65. The molecule has 20 heavy (non-hydrogen) atoms. The second kappa shape index (κ2) is 6.21. The molecule has 0 saturated heterocycles. The van der Waals surface area contributed by atoms with E-state index in [1.165, 1.54) is 5.56 Å². The van der Waals surface area contributed by atoms with Gasteiger partial charge in [-0.15, -0.1) is 0 Å². The standard InChI is InChI=1S/C16H17NO3/c1-11-2-4-12(5-3-11)13-6-8-14(9-7-13)20-10-15(17)16(18)19/h2-9,15H,10,17H2,1H3,(H,18,19). The zero-order valence-corrected chi connectivity index (χ0v) is 11.2. The van der Waals surface area contributed by atoms with E-state index in [-0.39, 0.29) is 6.61 Å². The summed E-state index contributed by atoms with van der Waals surface area (Å²) < 4.78 is 5.33. The van der Waals surface area contributed by atoms with Crippen LogP contribution in [0.3, 0.4) is 0 Å². The maximum Gasteiger partial charge on any atom is 0.324 e. The number of aryl methyl sites for hydroxylation is 1. The van der Waals surface area contributed by atoms with Crippen LogP contribution < -0.4 is 10.5 Å². The molecule has 0 saturated carbocycles. The first-order valence-electron chi connectivity index (χ1n) is 6.34. The fourth-order valence-corrected chi connectivity index (χ4v) is 1.75. The van der Waals surface area contributed by atoms with Gasteiger partial charge in [-0.1, -0.05) is 42.0 Å². The number of rotatable bonds is 5. The van der Waals surface area contributed by atoms with Crippen LogP contribution in [-0.4, -0.2) is 23.7 Å². The summed E-state index contributed by atoms with van der Waals surface area (Å²) in [5.41, 5.74) is 8.81. The number of hydrogen-bond acceptors (Lipinski definition) is 3. The van der Waals surface area contributed by atoms with Crippen molar-refractivity contribution in [1.82, 2.24) is 0 Å². The number of carboxylic acids is 1. The topological polar surface area (TPSA) is 72.5 Å². The summed E-state index contributed by atoms with van der Waals surface area (Å²) in [5, 5.41) is 8.67. The van der Waals surface area contributed by atoms with E-state index in [2.05, 4.69) is 24.3 Å². The van der Waals surface area contributed by atoms with Crippen molar-refractivity contribution in [2.45, 2.75) is 13.0 Å². The van der Waals surface area contributed by atoms with Crippen LogP contribution in [0, 0.1) is 6.92 Å². The number of hydrogen-bond donors (Lipinski definition) is 2. The van der Waals surface area contributed by atoms with E-state index in [4.69, 9.17) is 15.6 Å². The predicted octanol–water partition coefficient (Wildman–Crippen LogP) is 2.45. The Morgan fingerprint density at radius 1 is 1.10 bits per heavy atom. The number of aliphatic carboxylic acids is 1. The van der Waals surface area contributed by atoms with Gasteiger partial charge in [0.1, 0.15) is 18.4 Å². The molecule has 2 aromatic carbocycles. The van der Waals surface area contributed by atoms with Crippen LogP contribution in [-0.2, 0) is 4.79 Å². The molecule has 0 amide bonds. The molecule has 2 rings (SSSR count). The number of carboxylic acid groups (broad SMARTS) is 1. The first kappa shape index (κ1) is 14.1. The van der Waals surface area contributed by atoms with Crippen LogP contribution in [0.2, 0.25) is 0 Å². The van der Waals surface area contributed by atoms with Crippen molar-refractivity contribution in [3.63, 3.8) is 0 Å². The first-order chi connectivity index (χ1) is 9.56. The molecular weight excluding hydrogens is 254 g/mol. The monoisotopic (exact) mass is 271 g/mol. The molecule has 104 valence electrons. The zero-order chi connectivity index (χ0) is 14.5. The highest BCUT2D eigenvalue weighted by Crippen LogP contribution is 2.22. The Morgan fingerprint density at radius 3 is 2.10 bits per heavy atom. The highest BCUT2D eigenvalue weighted by atomic mass is 16.5. The maximum absolute atomic E-state index is 10.6. The Morgan fingerprint density at radius 2 is 1.60 bits per heavy atom. The summed E-state index contributed by atoms with van der Waals surface area (Å²) >= 11 is 0. The minimum atomic E-state index is -1.07. The van der Waals surface area contributed by atoms with Crippen LogP contribution in [0.25, 0.3) is 11.1 Å². The Bertz CT molecular complexity index is 576. The molecule has 0 bridgehead atoms. The van der Waals surface area contributed by atoms with Gasteiger partial charge >= 0.3 is 5.97 Å². The van der Waals surface area contributed by atoms with Gasteiger partial charge in [0.15, 0.2) is 0 Å². The number of carbonyl (C=O) groups is 1. The van der Waals surface area contributed by atoms with E-state index in [1.54, 1.807) is 0 Å². The molecule has 3 N–H and O–H groups in total. The lowest BCUT2D eigenvalue weighted by molar-refractivity contribution is -0.139. The van der Waals surface area contributed by atoms with Gasteiger partial charge in [0.25, 0.3) is 0 Å². The summed E-state index contributed by atoms with van der Waals surface area (Å²) in [6.07, 6.45) is 0. The van der Waals surface area contributed by atoms with Crippen LogP contribution in [0.4, 0.5) is 0 Å². The number of benzene rings is 2. The molecule has 0 aliphatic rings. The van der Waals surface area contributed by atoms with Gasteiger partial charge in [-0.25, -0.2) is 0 Å². The summed E-state index contributed by atoms with van der Waals surface area (Å²) in [4.78, 5) is 10.6. The van der Waals surface area contributed by atoms with E-state index in [9.17, 15) is 4.79 Å². The number of ether oxygens (including phenoxy) is 1. The average molecular weight is 271 g/mol. The molecule has 2 aromatic rings. The Hall–Kier alpha value is -2.33. The second-order valence-electron chi connectivity index (χ2n) is 4.65. The van der Waals surface area contributed by atoms with Crippen molar-refractivity contribution < 1.29 is 14.6 Å². The van der Waals surface area contributed by atoms with Gasteiger partial charge in [0.2, 0.25) is 0 Å². The summed E-state index contributed by atoms with van der Waals surface area (Å²) in [6, 6.07) is 14.7. The molecule has 0 heterocycles. The minimum Gasteiger partial charge on any atom is -0.491 e. The molecule has 0 radical (unpaired) electrons. The molecule has 0 fully saturated rings. The zero-order valence-electron chi connectivity index (χ0n) is 11.2. The molecule has 1 atom stereocenters. The molecule has 4 nitrogen and oxygen atoms in total. The largest absolute Gasteiger partial charge is 0.491 e. The first-order valence-corrected chi connectivity index (χ1v) is 6.34. The highest BCUT2D eigenvalue weighted by Gasteiger charge is 2.11. The highest BCUT2D eigenvalue weighted by molar-refractivity contribution is 5.73. The van der Waals surface area contributed by atoms with E-state index in [0.29, 0.717) is 5.75 Å². The van der Waals surface area contributed by atoms with Crippen LogP contribution >= 0.6 is 0 Å². The molecule has 0 aliphatic carbocycles. The summed E-state index contributed by atoms with van der Waals surface area (Å²) in [5.74, 6) is -0.459. The van der Waals surface area contributed by atoms with Crippen LogP contribution in [0.15, 0.2) is 48.5 Å². The minimum absolute atomic E-state index is 0.0424. The normalized spacial score (nSPS) is 11.9. The Labute approximate surface area is 117 Å². The average Bonchev–Trinajstić information content (AvgIpc) is 2.46. The Kier molecular flexibility index (Phi) is 4.38. The lowest BCUT2D eigenvalue weighted by Crippen LogP contribution is -2.36. The van der Waals surface area contributed by atoms with Crippen LogP contribution in [0.1, 0.15) is 5.56 Å². The van der Waals surface area contributed by atoms with Crippen LogP contribution in [0.5, 0.6) is 5.75 Å². The SMILES string of the molecule is Cc1ccc(-c2ccc(OCC(N)C(=O)O)cc2)cc1. The number of nitrogens with two attached hydrogens (primary N) is 1. The van der Waals surface area contributed by atoms with E-state index in [0.717, 1.165) is 11.1 Å². The van der Waals surface area contributed by atoms with Crippen molar-refractivity contribution in [2.75, 3.05) is 6.61 Å². The molecule has 4 heteroatoms. The van der Waals surface area contributed by atoms with Gasteiger partial charge in [0.05, 0.1) is 0 Å². The van der Waals surface area contributed by atoms with E-state index >= 15 is 0 Å². The lowest BCUT2D eigenvalue weighted by Gasteiger charge is -2.10. The smallest absolute Gasteiger partial charge is 0.324 e. The van der Waals surface area contributed by atoms with Crippen molar-refractivity contribution in [1.29, 1.82) is 0 Å². The fraction of sp³-hybridized carbons (Fsp3) is 0.188. The summed E-state index contributed by atoms with van der Waals surface area (Å²) in [6.45, 7) is 2.01. The van der Waals surface area contributed by atoms with Gasteiger partial charge < -0.3 is 15.6 Å². The van der Waals surface area contributed by atoms with Gasteiger partial charge in [0, 0.05) is 0 Å². The molecule has 0 aromatic heterocycles. The molecular formula is C16H17NO3. The molecule has 0 aliphatic heterocycles. The fourth-order valence-electron chi connectivity index (χ4n) is 1.75. The quantitative estimate of drug-likeness (QED) is 0.876. The lowest BCUT2D eigenvalue weighted by atomic mass is 10.0. The Balaban J connectivity index is 2.03.